The molecule has 0 aliphatic carbocycles. The van der Waals surface area contributed by atoms with Gasteiger partial charge in [-0.1, -0.05) is 35.0 Å². The van der Waals surface area contributed by atoms with Gasteiger partial charge in [0.05, 0.1) is 9.79 Å². The Morgan fingerprint density at radius 2 is 0.900 bits per heavy atom. The van der Waals surface area contributed by atoms with Gasteiger partial charge in [0.1, 0.15) is 13.2 Å². The lowest BCUT2D eigenvalue weighted by atomic mass is 10.4. The molecule has 162 valence electrons. The van der Waals surface area contributed by atoms with Gasteiger partial charge < -0.3 is 10.2 Å². The first-order chi connectivity index (χ1) is 13.9. The van der Waals surface area contributed by atoms with Gasteiger partial charge in [-0.3, -0.25) is 9.11 Å². The van der Waals surface area contributed by atoms with Crippen LogP contribution in [0, 0.1) is 23.7 Å². The highest BCUT2D eigenvalue weighted by Crippen LogP contribution is 2.13. The maximum absolute atomic E-state index is 10.5. The van der Waals surface area contributed by atoms with E-state index in [9.17, 15) is 16.8 Å². The Morgan fingerprint density at radius 3 is 1.10 bits per heavy atom. The molecule has 0 unspecified atom stereocenters. The second-order valence-corrected chi connectivity index (χ2v) is 8.49. The summed E-state index contributed by atoms with van der Waals surface area (Å²) >= 11 is 11.0. The first kappa shape index (κ1) is 27.9. The van der Waals surface area contributed by atoms with Crippen molar-refractivity contribution in [3.8, 4) is 23.7 Å². The third-order valence-corrected chi connectivity index (χ3v) is 4.86. The summed E-state index contributed by atoms with van der Waals surface area (Å²) in [6.45, 7) is -0.361. The van der Waals surface area contributed by atoms with Crippen molar-refractivity contribution in [3.05, 3.63) is 58.6 Å². The normalized spacial score (nSPS) is 9.93. The molecule has 0 aromatic heterocycles. The number of hydrogen-bond donors (Lipinski definition) is 4. The van der Waals surface area contributed by atoms with Crippen LogP contribution in [0.15, 0.2) is 58.3 Å². The lowest BCUT2D eigenvalue weighted by Gasteiger charge is -1.94. The molecule has 0 bridgehead atoms. The second-order valence-electron chi connectivity index (χ2n) is 4.78. The molecule has 0 aliphatic heterocycles. The number of hydrogen-bond acceptors (Lipinski definition) is 6. The zero-order valence-electron chi connectivity index (χ0n) is 15.0. The first-order valence-corrected chi connectivity index (χ1v) is 11.2. The first-order valence-electron chi connectivity index (χ1n) is 7.55. The van der Waals surface area contributed by atoms with E-state index in [1.54, 1.807) is 0 Å². The van der Waals surface area contributed by atoms with E-state index in [2.05, 4.69) is 23.7 Å². The van der Waals surface area contributed by atoms with Gasteiger partial charge in [-0.05, 0) is 60.4 Å². The average molecular weight is 495 g/mol. The van der Waals surface area contributed by atoms with Gasteiger partial charge in [0.2, 0.25) is 0 Å². The molecule has 0 radical (unpaired) electrons. The predicted molar refractivity (Wildman–Crippen MR) is 112 cm³/mol. The second kappa shape index (κ2) is 14.0. The van der Waals surface area contributed by atoms with Crippen molar-refractivity contribution < 1.29 is 36.2 Å². The van der Waals surface area contributed by atoms with Gasteiger partial charge in [-0.25, -0.2) is 0 Å². The number of aliphatic hydroxyl groups excluding tert-OH is 2. The van der Waals surface area contributed by atoms with Crippen LogP contribution in [0.1, 0.15) is 0 Å². The summed E-state index contributed by atoms with van der Waals surface area (Å²) in [5, 5.41) is 17.0. The number of halogens is 2. The minimum absolute atomic E-state index is 0.151. The predicted octanol–water partition coefficient (Wildman–Crippen LogP) is 2.15. The van der Waals surface area contributed by atoms with Gasteiger partial charge in [0.25, 0.3) is 20.2 Å². The Hall–Kier alpha value is -2.12. The fourth-order valence-corrected chi connectivity index (χ4v) is 2.59. The number of rotatable bonds is 2. The van der Waals surface area contributed by atoms with Gasteiger partial charge in [0, 0.05) is 10.0 Å². The molecular weight excluding hydrogens is 479 g/mol. The highest BCUT2D eigenvalue weighted by molar-refractivity contribution is 7.86. The molecule has 0 fully saturated rings. The molecule has 0 saturated carbocycles. The molecule has 0 atom stereocenters. The van der Waals surface area contributed by atoms with Gasteiger partial charge in [-0.2, -0.15) is 16.8 Å². The van der Waals surface area contributed by atoms with Crippen molar-refractivity contribution in [1.82, 2.24) is 0 Å². The zero-order valence-corrected chi connectivity index (χ0v) is 18.2. The van der Waals surface area contributed by atoms with Crippen LogP contribution in [0.3, 0.4) is 0 Å². The highest BCUT2D eigenvalue weighted by atomic mass is 35.5. The Morgan fingerprint density at radius 1 is 0.633 bits per heavy atom. The lowest BCUT2D eigenvalue weighted by molar-refractivity contribution is 0.350. The summed E-state index contributed by atoms with van der Waals surface area (Å²) in [5.74, 6) is 9.24. The third-order valence-electron chi connectivity index (χ3n) is 2.62. The molecule has 2 aromatic rings. The average Bonchev–Trinajstić information content (AvgIpc) is 2.66. The van der Waals surface area contributed by atoms with E-state index in [0.29, 0.717) is 10.0 Å². The number of aliphatic hydroxyl groups is 2. The molecule has 0 amide bonds. The SMILES string of the molecule is O=S(=O)(O)c1ccc(Cl)cc1.O=S(=O)(O)c1ccc(Cl)cc1.OCC#CC#CCO. The van der Waals surface area contributed by atoms with Crippen LogP contribution < -0.4 is 0 Å². The summed E-state index contributed by atoms with van der Waals surface area (Å²) in [6, 6.07) is 10.5. The van der Waals surface area contributed by atoms with E-state index < -0.39 is 20.2 Å². The van der Waals surface area contributed by atoms with Crippen molar-refractivity contribution in [2.45, 2.75) is 9.79 Å². The maximum Gasteiger partial charge on any atom is 0.294 e. The fraction of sp³-hybridized carbons (Fsp3) is 0.111. The summed E-state index contributed by atoms with van der Waals surface area (Å²) in [7, 11) is -8.16. The Bertz CT molecular complexity index is 1030. The highest BCUT2D eigenvalue weighted by Gasteiger charge is 2.07. The summed E-state index contributed by atoms with van der Waals surface area (Å²) in [4.78, 5) is -0.302. The summed E-state index contributed by atoms with van der Waals surface area (Å²) in [6.07, 6.45) is 0. The molecule has 0 heterocycles. The fourth-order valence-electron chi connectivity index (χ4n) is 1.38. The Balaban J connectivity index is 0.000000428. The monoisotopic (exact) mass is 494 g/mol. The molecule has 30 heavy (non-hydrogen) atoms. The van der Waals surface area contributed by atoms with Crippen LogP contribution in [-0.4, -0.2) is 49.4 Å². The molecule has 0 spiro atoms. The van der Waals surface area contributed by atoms with E-state index >= 15 is 0 Å². The summed E-state index contributed by atoms with van der Waals surface area (Å²) < 4.78 is 58.8. The molecule has 2 rings (SSSR count). The maximum atomic E-state index is 10.5. The van der Waals surface area contributed by atoms with Crippen molar-refractivity contribution in [2.75, 3.05) is 13.2 Å². The van der Waals surface area contributed by atoms with Crippen LogP contribution in [0.5, 0.6) is 0 Å². The van der Waals surface area contributed by atoms with Crippen molar-refractivity contribution in [3.63, 3.8) is 0 Å². The Labute approximate surface area is 184 Å². The van der Waals surface area contributed by atoms with Gasteiger partial charge in [-0.15, -0.1) is 0 Å². The standard InChI is InChI=1S/2C6H5ClO3S.C6H6O2/c2*7-5-1-3-6(4-2-5)11(8,9)10;7-5-3-1-2-4-6-8/h2*1-4H,(H,8,9,10);7-8H,5-6H2. The third kappa shape index (κ3) is 13.2. The van der Waals surface area contributed by atoms with E-state index in [4.69, 9.17) is 42.5 Å². The quantitative estimate of drug-likeness (QED) is 0.366. The van der Waals surface area contributed by atoms with Crippen LogP contribution in [0.2, 0.25) is 10.0 Å². The van der Waals surface area contributed by atoms with Crippen molar-refractivity contribution in [1.29, 1.82) is 0 Å². The minimum Gasteiger partial charge on any atom is -0.384 e. The van der Waals surface area contributed by atoms with Crippen LogP contribution in [0.4, 0.5) is 0 Å². The minimum atomic E-state index is -4.08. The van der Waals surface area contributed by atoms with E-state index in [-0.39, 0.29) is 23.0 Å². The van der Waals surface area contributed by atoms with E-state index in [0.717, 1.165) is 0 Å². The van der Waals surface area contributed by atoms with Crippen LogP contribution >= 0.6 is 23.2 Å². The van der Waals surface area contributed by atoms with Crippen molar-refractivity contribution in [2.24, 2.45) is 0 Å². The number of benzene rings is 2. The lowest BCUT2D eigenvalue weighted by Crippen LogP contribution is -1.96. The van der Waals surface area contributed by atoms with Gasteiger partial charge >= 0.3 is 0 Å². The van der Waals surface area contributed by atoms with E-state index in [1.165, 1.54) is 48.5 Å². The molecular formula is C18H16Cl2O8S2. The molecule has 0 saturated heterocycles. The largest absolute Gasteiger partial charge is 0.384 e. The van der Waals surface area contributed by atoms with E-state index in [1.807, 2.05) is 0 Å². The van der Waals surface area contributed by atoms with Crippen LogP contribution in [-0.2, 0) is 20.2 Å². The molecule has 12 heteroatoms. The van der Waals surface area contributed by atoms with Crippen molar-refractivity contribution >= 4 is 43.4 Å². The smallest absolute Gasteiger partial charge is 0.294 e. The summed E-state index contributed by atoms with van der Waals surface area (Å²) in [5.41, 5.74) is 0. The van der Waals surface area contributed by atoms with Crippen LogP contribution in [0.25, 0.3) is 0 Å². The zero-order chi connectivity index (χ0) is 23.2. The molecule has 4 N–H and O–H groups in total. The topological polar surface area (TPSA) is 149 Å². The Kier molecular flexibility index (Phi) is 13.0. The molecule has 2 aromatic carbocycles. The molecule has 0 aliphatic rings. The molecule has 8 nitrogen and oxygen atoms in total. The van der Waals surface area contributed by atoms with Gasteiger partial charge in [0.15, 0.2) is 0 Å².